The van der Waals surface area contributed by atoms with Gasteiger partial charge >= 0.3 is 19.8 Å². The Morgan fingerprint density at radius 1 is 0.593 bits per heavy atom. The number of hydrogen-bond donors (Lipinski definition) is 2. The largest absolute Gasteiger partial charge is 0.544 e. The van der Waals surface area contributed by atoms with Crippen LogP contribution in [0.5, 0.6) is 0 Å². The fourth-order valence-corrected chi connectivity index (χ4v) is 6.10. The molecule has 12 heteroatoms. The quantitative estimate of drug-likeness (QED) is 0.0267. The van der Waals surface area contributed by atoms with Crippen molar-refractivity contribution in [1.29, 1.82) is 0 Å². The van der Waals surface area contributed by atoms with Crippen LogP contribution < -0.4 is 10.8 Å². The van der Waals surface area contributed by atoms with Crippen LogP contribution in [0.25, 0.3) is 0 Å². The van der Waals surface area contributed by atoms with Gasteiger partial charge in [-0.05, 0) is 51.4 Å². The third kappa shape index (κ3) is 36.4. The number of esters is 2. The second-order valence-electron chi connectivity index (χ2n) is 13.8. The maximum absolute atomic E-state index is 12.6. The second kappa shape index (κ2) is 37.4. The molecule has 0 aliphatic carbocycles. The van der Waals surface area contributed by atoms with Crippen LogP contribution in [0.2, 0.25) is 0 Å². The van der Waals surface area contributed by atoms with Crippen molar-refractivity contribution >= 4 is 25.7 Å². The molecule has 0 amide bonds. The number of carboxylic acids is 1. The molecule has 0 heterocycles. The van der Waals surface area contributed by atoms with E-state index in [4.69, 9.17) is 14.0 Å². The van der Waals surface area contributed by atoms with Crippen LogP contribution in [-0.4, -0.2) is 54.8 Å². The Hall–Kier alpha value is -2.56. The second-order valence-corrected chi connectivity index (χ2v) is 15.3. The Morgan fingerprint density at radius 2 is 1.02 bits per heavy atom. The smallest absolute Gasteiger partial charge is 0.472 e. The first-order valence-electron chi connectivity index (χ1n) is 20.7. The first-order valence-corrected chi connectivity index (χ1v) is 22.2. The number of carboxylic acid groups (broad SMARTS) is 1. The Bertz CT molecular complexity index is 1110. The highest BCUT2D eigenvalue weighted by Gasteiger charge is 2.27. The van der Waals surface area contributed by atoms with Gasteiger partial charge in [-0.15, -0.1) is 0 Å². The van der Waals surface area contributed by atoms with Gasteiger partial charge in [0, 0.05) is 12.8 Å². The van der Waals surface area contributed by atoms with Crippen molar-refractivity contribution in [1.82, 2.24) is 0 Å². The molecule has 0 aliphatic heterocycles. The molecular weight excluding hydrogens is 709 g/mol. The van der Waals surface area contributed by atoms with Gasteiger partial charge < -0.3 is 30.0 Å². The van der Waals surface area contributed by atoms with E-state index in [9.17, 15) is 28.9 Å². The summed E-state index contributed by atoms with van der Waals surface area (Å²) < 4.78 is 32.6. The normalized spacial score (nSPS) is 14.3. The van der Waals surface area contributed by atoms with Crippen molar-refractivity contribution in [2.24, 2.45) is 0 Å². The van der Waals surface area contributed by atoms with Crippen molar-refractivity contribution in [3.8, 4) is 0 Å². The van der Waals surface area contributed by atoms with Crippen LogP contribution in [0.1, 0.15) is 168 Å². The lowest BCUT2D eigenvalue weighted by molar-refractivity contribution is -0.440. The summed E-state index contributed by atoms with van der Waals surface area (Å²) in [6.45, 7) is 2.76. The number of unbranched alkanes of at least 4 members (excludes halogenated alkanes) is 16. The SMILES string of the molecule is CCCCC/C=C\C/C=C\C/C=C\C/C=C\CCCC(=O)O[C@H](COC(=O)CCCCCCCCCCCCCCC)COP(=O)(O)OC[C@H]([NH3+])C(=O)[O-]. The number of rotatable bonds is 38. The average Bonchev–Trinajstić information content (AvgIpc) is 3.14. The Balaban J connectivity index is 4.50. The molecule has 0 aromatic heterocycles. The standard InChI is InChI=1S/C42H74NO10P/c1-3-5-7-9-11-13-15-17-18-19-20-22-24-26-28-30-32-34-41(45)53-38(36-51-54(48,49)52-37-39(43)42(46)47)35-50-40(44)33-31-29-27-25-23-21-16-14-12-10-8-6-4-2/h11,13,17-18,20,22,26,28,38-39H,3-10,12,14-16,19,21,23-25,27,29-37,43H2,1-2H3,(H,46,47)(H,48,49)/b13-11-,18-17-,22-20-,28-26-/t38-,39+/m1/s1. The lowest BCUT2D eigenvalue weighted by Crippen LogP contribution is -2.70. The zero-order chi connectivity index (χ0) is 40.0. The average molecular weight is 784 g/mol. The summed E-state index contributed by atoms with van der Waals surface area (Å²) in [7, 11) is -4.71. The molecule has 0 rings (SSSR count). The third-order valence-electron chi connectivity index (χ3n) is 8.62. The van der Waals surface area contributed by atoms with Gasteiger partial charge in [0.25, 0.3) is 0 Å². The molecule has 0 aromatic rings. The zero-order valence-corrected chi connectivity index (χ0v) is 34.5. The van der Waals surface area contributed by atoms with E-state index < -0.39 is 51.1 Å². The first kappa shape index (κ1) is 51.4. The minimum absolute atomic E-state index is 0.0868. The molecule has 0 fully saturated rings. The summed E-state index contributed by atoms with van der Waals surface area (Å²) in [6.07, 6.45) is 40.4. The molecule has 0 aromatic carbocycles. The summed E-state index contributed by atoms with van der Waals surface area (Å²) in [4.78, 5) is 45.8. The van der Waals surface area contributed by atoms with Crippen LogP contribution >= 0.6 is 7.82 Å². The molecule has 3 atom stereocenters. The highest BCUT2D eigenvalue weighted by atomic mass is 31.2. The Labute approximate surface area is 326 Å². The molecule has 0 bridgehead atoms. The minimum atomic E-state index is -4.71. The summed E-state index contributed by atoms with van der Waals surface area (Å²) >= 11 is 0. The number of allylic oxidation sites excluding steroid dienone is 8. The number of hydrogen-bond acceptors (Lipinski definition) is 9. The van der Waals surface area contributed by atoms with Gasteiger partial charge in [-0.2, -0.15) is 0 Å². The fourth-order valence-electron chi connectivity index (χ4n) is 5.30. The predicted molar refractivity (Wildman–Crippen MR) is 213 cm³/mol. The van der Waals surface area contributed by atoms with Crippen molar-refractivity contribution in [2.45, 2.75) is 180 Å². The number of phosphoric ester groups is 1. The number of aliphatic carboxylic acids is 1. The van der Waals surface area contributed by atoms with Crippen molar-refractivity contribution in [3.05, 3.63) is 48.6 Å². The predicted octanol–water partition coefficient (Wildman–Crippen LogP) is 8.56. The van der Waals surface area contributed by atoms with Gasteiger partial charge in [-0.3, -0.25) is 18.6 Å². The van der Waals surface area contributed by atoms with Gasteiger partial charge in [0.2, 0.25) is 0 Å². The van der Waals surface area contributed by atoms with Crippen molar-refractivity contribution < 1.29 is 53.2 Å². The van der Waals surface area contributed by atoms with E-state index in [0.717, 1.165) is 44.9 Å². The number of carbonyl (C=O) groups is 3. The zero-order valence-electron chi connectivity index (χ0n) is 33.6. The molecule has 0 spiro atoms. The molecule has 312 valence electrons. The van der Waals surface area contributed by atoms with E-state index >= 15 is 0 Å². The Morgan fingerprint density at radius 3 is 1.54 bits per heavy atom. The van der Waals surface area contributed by atoms with E-state index in [0.29, 0.717) is 19.3 Å². The van der Waals surface area contributed by atoms with Crippen LogP contribution in [0.15, 0.2) is 48.6 Å². The molecule has 1 unspecified atom stereocenters. The molecule has 4 N–H and O–H groups in total. The fraction of sp³-hybridized carbons (Fsp3) is 0.738. The highest BCUT2D eigenvalue weighted by Crippen LogP contribution is 2.43. The maximum Gasteiger partial charge on any atom is 0.472 e. The Kier molecular flexibility index (Phi) is 35.6. The molecule has 0 saturated heterocycles. The van der Waals surface area contributed by atoms with Crippen molar-refractivity contribution in [3.63, 3.8) is 0 Å². The van der Waals surface area contributed by atoms with Crippen LogP contribution in [0.3, 0.4) is 0 Å². The molecule has 0 radical (unpaired) electrons. The van der Waals surface area contributed by atoms with Gasteiger partial charge in [0.1, 0.15) is 25.2 Å². The molecular formula is C42H74NO10P. The van der Waals surface area contributed by atoms with E-state index in [1.807, 2.05) is 12.2 Å². The number of carbonyl (C=O) groups excluding carboxylic acids is 3. The van der Waals surface area contributed by atoms with Gasteiger partial charge in [0.15, 0.2) is 6.10 Å². The summed E-state index contributed by atoms with van der Waals surface area (Å²) in [5, 5.41) is 10.8. The summed E-state index contributed by atoms with van der Waals surface area (Å²) in [5.74, 6) is -2.59. The third-order valence-corrected chi connectivity index (χ3v) is 9.57. The van der Waals surface area contributed by atoms with E-state index in [1.165, 1.54) is 77.0 Å². The molecule has 54 heavy (non-hydrogen) atoms. The monoisotopic (exact) mass is 784 g/mol. The lowest BCUT2D eigenvalue weighted by Gasteiger charge is -2.20. The highest BCUT2D eigenvalue weighted by molar-refractivity contribution is 7.47. The number of phosphoric acid groups is 1. The van der Waals surface area contributed by atoms with Gasteiger partial charge in [0.05, 0.1) is 6.61 Å². The summed E-state index contributed by atoms with van der Waals surface area (Å²) in [6, 6.07) is -1.39. The van der Waals surface area contributed by atoms with Crippen LogP contribution in [-0.2, 0) is 37.5 Å². The summed E-state index contributed by atoms with van der Waals surface area (Å²) in [5.41, 5.74) is 3.26. The van der Waals surface area contributed by atoms with Crippen molar-refractivity contribution in [2.75, 3.05) is 19.8 Å². The van der Waals surface area contributed by atoms with Gasteiger partial charge in [-0.1, -0.05) is 152 Å². The van der Waals surface area contributed by atoms with E-state index in [2.05, 4.69) is 60.6 Å². The van der Waals surface area contributed by atoms with E-state index in [1.54, 1.807) is 0 Å². The molecule has 11 nitrogen and oxygen atoms in total. The number of quaternary nitrogens is 1. The van der Waals surface area contributed by atoms with Crippen LogP contribution in [0.4, 0.5) is 0 Å². The minimum Gasteiger partial charge on any atom is -0.544 e. The molecule has 0 saturated carbocycles. The molecule has 0 aliphatic rings. The lowest BCUT2D eigenvalue weighted by atomic mass is 10.0. The van der Waals surface area contributed by atoms with E-state index in [-0.39, 0.29) is 19.4 Å². The van der Waals surface area contributed by atoms with Gasteiger partial charge in [-0.25, -0.2) is 4.57 Å². The number of ether oxygens (including phenoxy) is 2. The maximum atomic E-state index is 12.6. The first-order chi connectivity index (χ1) is 26.1. The van der Waals surface area contributed by atoms with Crippen LogP contribution in [0, 0.1) is 0 Å². The topological polar surface area (TPSA) is 176 Å².